The number of anilines is 3. The minimum atomic E-state index is -1.01. The van der Waals surface area contributed by atoms with E-state index in [-0.39, 0.29) is 49.4 Å². The maximum absolute atomic E-state index is 13.1. The molecule has 0 aliphatic rings. The number of esters is 3. The fourth-order valence-electron chi connectivity index (χ4n) is 4.59. The number of ether oxygens (including phenoxy) is 3. The molecule has 0 saturated heterocycles. The van der Waals surface area contributed by atoms with Crippen molar-refractivity contribution in [2.75, 3.05) is 42.7 Å². The highest BCUT2D eigenvalue weighted by atomic mass is 16.5. The molecule has 0 spiro atoms. The van der Waals surface area contributed by atoms with Gasteiger partial charge < -0.3 is 35.9 Å². The summed E-state index contributed by atoms with van der Waals surface area (Å²) in [6, 6.07) is 5.86. The molecule has 1 unspecified atom stereocenters. The average Bonchev–Trinajstić information content (AvgIpc) is 3.03. The lowest BCUT2D eigenvalue weighted by molar-refractivity contribution is -0.147. The third-order valence-corrected chi connectivity index (χ3v) is 6.78. The molecule has 0 fully saturated rings. The number of unbranched alkanes of at least 4 members (excludes halogenated alkanes) is 2. The summed E-state index contributed by atoms with van der Waals surface area (Å²) >= 11 is 0. The summed E-state index contributed by atoms with van der Waals surface area (Å²) in [4.78, 5) is 68.2. The second-order valence-electron chi connectivity index (χ2n) is 10.2. The molecule has 2 heterocycles. The van der Waals surface area contributed by atoms with Crippen LogP contribution in [0, 0.1) is 0 Å². The van der Waals surface area contributed by atoms with Crippen molar-refractivity contribution in [1.82, 2.24) is 25.3 Å². The predicted octanol–water partition coefficient (Wildman–Crippen LogP) is 2.72. The van der Waals surface area contributed by atoms with Gasteiger partial charge in [0.1, 0.15) is 6.04 Å². The number of nitrogen functional groups attached to an aromatic ring is 2. The van der Waals surface area contributed by atoms with Gasteiger partial charge in [-0.25, -0.2) is 14.8 Å². The number of nitrogens with two attached hydrogens (primary N) is 2. The van der Waals surface area contributed by atoms with E-state index in [1.165, 1.54) is 0 Å². The number of rotatable bonds is 18. The fourth-order valence-corrected chi connectivity index (χ4v) is 4.59. The third kappa shape index (κ3) is 10.8. The Balaban J connectivity index is 1.75. The lowest BCUT2D eigenvalue weighted by atomic mass is 10.1. The van der Waals surface area contributed by atoms with Crippen LogP contribution in [0.25, 0.3) is 11.2 Å². The number of nitrogens with zero attached hydrogens (tertiary/aromatic N) is 5. The lowest BCUT2D eigenvalue weighted by Gasteiger charge is -2.25. The van der Waals surface area contributed by atoms with Crippen molar-refractivity contribution in [3.63, 3.8) is 0 Å². The van der Waals surface area contributed by atoms with Gasteiger partial charge in [-0.05, 0) is 64.3 Å². The Kier molecular flexibility index (Phi) is 13.9. The largest absolute Gasteiger partial charge is 0.466 e. The molecule has 0 aliphatic carbocycles. The van der Waals surface area contributed by atoms with Crippen LogP contribution in [-0.4, -0.2) is 76.2 Å². The number of benzene rings is 1. The smallest absolute Gasteiger partial charge is 0.328 e. The maximum Gasteiger partial charge on any atom is 0.328 e. The van der Waals surface area contributed by atoms with E-state index in [9.17, 15) is 19.2 Å². The molecule has 15 nitrogen and oxygen atoms in total. The van der Waals surface area contributed by atoms with E-state index in [4.69, 9.17) is 25.7 Å². The zero-order valence-electron chi connectivity index (χ0n) is 26.5. The van der Waals surface area contributed by atoms with Crippen LogP contribution in [0.1, 0.15) is 75.3 Å². The van der Waals surface area contributed by atoms with Gasteiger partial charge in [-0.1, -0.05) is 6.42 Å². The first-order valence-corrected chi connectivity index (χ1v) is 15.3. The second-order valence-corrected chi connectivity index (χ2v) is 10.2. The molecular weight excluding hydrogens is 596 g/mol. The molecule has 5 N–H and O–H groups in total. The van der Waals surface area contributed by atoms with Gasteiger partial charge in [0.15, 0.2) is 17.0 Å². The molecule has 3 aromatic rings. The zero-order chi connectivity index (χ0) is 33.5. The maximum atomic E-state index is 13.1. The van der Waals surface area contributed by atoms with Gasteiger partial charge in [-0.2, -0.15) is 9.97 Å². The Morgan fingerprint density at radius 3 is 2.20 bits per heavy atom. The van der Waals surface area contributed by atoms with Crippen molar-refractivity contribution in [2.45, 2.75) is 71.9 Å². The molecule has 46 heavy (non-hydrogen) atoms. The summed E-state index contributed by atoms with van der Waals surface area (Å²) in [6.45, 7) is 6.80. The first-order chi connectivity index (χ1) is 22.1. The van der Waals surface area contributed by atoms with Crippen molar-refractivity contribution in [3.05, 3.63) is 41.7 Å². The number of hydrogen-bond acceptors (Lipinski definition) is 14. The average molecular weight is 639 g/mol. The van der Waals surface area contributed by atoms with Crippen LogP contribution in [0.4, 0.5) is 17.5 Å². The van der Waals surface area contributed by atoms with E-state index >= 15 is 0 Å². The number of carbonyl (C=O) groups is 4. The summed E-state index contributed by atoms with van der Waals surface area (Å²) < 4.78 is 15.0. The van der Waals surface area contributed by atoms with Crippen LogP contribution in [0.2, 0.25) is 0 Å². The zero-order valence-corrected chi connectivity index (χ0v) is 26.5. The van der Waals surface area contributed by atoms with Crippen molar-refractivity contribution >= 4 is 52.4 Å². The number of nitrogens with one attached hydrogen (secondary N) is 1. The molecule has 1 amide bonds. The van der Waals surface area contributed by atoms with Crippen LogP contribution in [0.15, 0.2) is 30.5 Å². The lowest BCUT2D eigenvalue weighted by Crippen LogP contribution is -2.42. The summed E-state index contributed by atoms with van der Waals surface area (Å²) in [5.74, 6) is -1.67. The van der Waals surface area contributed by atoms with Crippen molar-refractivity contribution in [1.29, 1.82) is 0 Å². The Hall–Kier alpha value is -5.08. The number of fused-ring (bicyclic) bond motifs is 1. The van der Waals surface area contributed by atoms with E-state index < -0.39 is 23.9 Å². The molecule has 2 aromatic heterocycles. The Bertz CT molecular complexity index is 1490. The van der Waals surface area contributed by atoms with Gasteiger partial charge in [-0.3, -0.25) is 14.4 Å². The number of hydrogen-bond donors (Lipinski definition) is 3. The molecule has 1 aromatic carbocycles. The van der Waals surface area contributed by atoms with Crippen molar-refractivity contribution in [3.8, 4) is 0 Å². The van der Waals surface area contributed by atoms with E-state index in [0.29, 0.717) is 49.3 Å². The topological polar surface area (TPSA) is 215 Å². The highest BCUT2D eigenvalue weighted by molar-refractivity contribution is 5.97. The molecule has 0 saturated carbocycles. The van der Waals surface area contributed by atoms with Crippen molar-refractivity contribution in [2.24, 2.45) is 0 Å². The number of amides is 1. The minimum Gasteiger partial charge on any atom is -0.466 e. The monoisotopic (exact) mass is 638 g/mol. The minimum absolute atomic E-state index is 0.00759. The Morgan fingerprint density at radius 2 is 1.52 bits per heavy atom. The van der Waals surface area contributed by atoms with Crippen LogP contribution in [-0.2, 0) is 35.1 Å². The first kappa shape index (κ1) is 35.4. The standard InChI is InChI=1S/C31H42N8O7/c1-4-44-24(40)10-8-7-9-17-39(19-21-18-34-28-26(35-21)27(32)37-31(33)38-28)22-13-11-20(12-14-22)29(42)36-23(30(43)46-6-3)15-16-25(41)45-5-2/h11-14,18,23H,4-10,15-17,19H2,1-3H3,(H,36,42)(H4,32,33,34,37,38). The molecule has 0 aliphatic heterocycles. The highest BCUT2D eigenvalue weighted by Gasteiger charge is 2.24. The van der Waals surface area contributed by atoms with Gasteiger partial charge in [0, 0.05) is 30.6 Å². The number of aromatic nitrogens is 4. The molecule has 0 radical (unpaired) electrons. The summed E-state index contributed by atoms with van der Waals surface area (Å²) in [5.41, 5.74) is 14.1. The van der Waals surface area contributed by atoms with E-state index in [0.717, 1.165) is 18.5 Å². The van der Waals surface area contributed by atoms with E-state index in [2.05, 4.69) is 30.2 Å². The van der Waals surface area contributed by atoms with Crippen LogP contribution in [0.3, 0.4) is 0 Å². The van der Waals surface area contributed by atoms with Crippen LogP contribution in [0.5, 0.6) is 0 Å². The van der Waals surface area contributed by atoms with Gasteiger partial charge in [0.2, 0.25) is 5.95 Å². The summed E-state index contributed by atoms with van der Waals surface area (Å²) in [5, 5.41) is 2.67. The predicted molar refractivity (Wildman–Crippen MR) is 170 cm³/mol. The molecule has 0 bridgehead atoms. The molecule has 3 rings (SSSR count). The van der Waals surface area contributed by atoms with E-state index in [1.807, 2.05) is 0 Å². The quantitative estimate of drug-likeness (QED) is 0.104. The second kappa shape index (κ2) is 18.0. The molecule has 1 atom stereocenters. The van der Waals surface area contributed by atoms with Crippen LogP contribution >= 0.6 is 0 Å². The SMILES string of the molecule is CCOC(=O)CCCCCN(Cc1cnc2nc(N)nc(N)c2n1)c1ccc(C(=O)NC(CCC(=O)OCC)C(=O)OCC)cc1. The van der Waals surface area contributed by atoms with Gasteiger partial charge in [0.05, 0.1) is 38.3 Å². The first-order valence-electron chi connectivity index (χ1n) is 15.3. The van der Waals surface area contributed by atoms with Crippen LogP contribution < -0.4 is 21.7 Å². The highest BCUT2D eigenvalue weighted by Crippen LogP contribution is 2.21. The molecule has 15 heteroatoms. The number of carbonyl (C=O) groups excluding carboxylic acids is 4. The Labute approximate surface area is 267 Å². The fraction of sp³-hybridized carbons (Fsp3) is 0.484. The summed E-state index contributed by atoms with van der Waals surface area (Å²) in [7, 11) is 0. The third-order valence-electron chi connectivity index (χ3n) is 6.78. The summed E-state index contributed by atoms with van der Waals surface area (Å²) in [6.07, 6.45) is 4.19. The molecule has 248 valence electrons. The Morgan fingerprint density at radius 1 is 0.848 bits per heavy atom. The van der Waals surface area contributed by atoms with Gasteiger partial charge in [-0.15, -0.1) is 0 Å². The normalized spacial score (nSPS) is 11.5. The molecular formula is C31H42N8O7. The van der Waals surface area contributed by atoms with Crippen molar-refractivity contribution < 1.29 is 33.4 Å². The van der Waals surface area contributed by atoms with Gasteiger partial charge >= 0.3 is 17.9 Å². The van der Waals surface area contributed by atoms with Gasteiger partial charge in [0.25, 0.3) is 5.91 Å². The van der Waals surface area contributed by atoms with E-state index in [1.54, 1.807) is 51.2 Å².